The van der Waals surface area contributed by atoms with Gasteiger partial charge >= 0.3 is 0 Å². The van der Waals surface area contributed by atoms with Crippen LogP contribution in [-0.2, 0) is 4.79 Å². The second kappa shape index (κ2) is 7.88. The van der Waals surface area contributed by atoms with E-state index < -0.39 is 0 Å². The maximum atomic E-state index is 12.3. The van der Waals surface area contributed by atoms with Crippen LogP contribution in [0.25, 0.3) is 0 Å². The van der Waals surface area contributed by atoms with Crippen molar-refractivity contribution in [2.75, 3.05) is 37.6 Å². The number of carbonyl (C=O) groups excluding carboxylic acids is 1. The van der Waals surface area contributed by atoms with E-state index >= 15 is 0 Å². The van der Waals surface area contributed by atoms with E-state index in [1.807, 2.05) is 43.3 Å². The van der Waals surface area contributed by atoms with Gasteiger partial charge in [0.05, 0.1) is 32.2 Å². The largest absolute Gasteiger partial charge is 0.345 e. The summed E-state index contributed by atoms with van der Waals surface area (Å²) in [6.07, 6.45) is 3.53. The van der Waals surface area contributed by atoms with Crippen LogP contribution in [0.4, 0.5) is 5.95 Å². The van der Waals surface area contributed by atoms with Crippen molar-refractivity contribution in [1.82, 2.24) is 15.3 Å². The van der Waals surface area contributed by atoms with Crippen LogP contribution < -0.4 is 15.1 Å². The Morgan fingerprint density at radius 3 is 2.50 bits per heavy atom. The first-order valence-corrected chi connectivity index (χ1v) is 8.42. The minimum atomic E-state index is 0.0390. The predicted molar refractivity (Wildman–Crippen MR) is 92.8 cm³/mol. The lowest BCUT2D eigenvalue weighted by Crippen LogP contribution is -3.16. The zero-order valence-electron chi connectivity index (χ0n) is 14.0. The summed E-state index contributed by atoms with van der Waals surface area (Å²) in [7, 11) is 0. The molecule has 1 saturated heterocycles. The fourth-order valence-electron chi connectivity index (χ4n) is 3.00. The number of piperazine rings is 1. The molecule has 1 aromatic carbocycles. The van der Waals surface area contributed by atoms with Crippen molar-refractivity contribution in [2.45, 2.75) is 13.0 Å². The van der Waals surface area contributed by atoms with E-state index in [4.69, 9.17) is 0 Å². The summed E-state index contributed by atoms with van der Waals surface area (Å²) in [5.74, 6) is 0.879. The number of carbonyl (C=O) groups is 1. The molecule has 1 aliphatic heterocycles. The Bertz CT molecular complexity index is 641. The normalized spacial score (nSPS) is 16.6. The number of aromatic nitrogens is 2. The van der Waals surface area contributed by atoms with Crippen LogP contribution in [0.5, 0.6) is 0 Å². The second-order valence-electron chi connectivity index (χ2n) is 6.16. The van der Waals surface area contributed by atoms with Gasteiger partial charge in [0.1, 0.15) is 0 Å². The molecular weight excluding hydrogens is 302 g/mol. The average Bonchev–Trinajstić information content (AvgIpc) is 2.64. The molecule has 0 unspecified atom stereocenters. The third-order valence-corrected chi connectivity index (χ3v) is 4.39. The molecule has 6 nitrogen and oxygen atoms in total. The SMILES string of the molecule is C[C@H](NC(=O)C[NH+]1CCN(c2ncccn2)CC1)c1ccccc1. The molecule has 2 N–H and O–H groups in total. The minimum absolute atomic E-state index is 0.0390. The molecule has 0 radical (unpaired) electrons. The first kappa shape index (κ1) is 16.4. The predicted octanol–water partition coefficient (Wildman–Crippen LogP) is 0.0589. The number of nitrogens with zero attached hydrogens (tertiary/aromatic N) is 3. The summed E-state index contributed by atoms with van der Waals surface area (Å²) in [4.78, 5) is 24.3. The van der Waals surface area contributed by atoms with Gasteiger partial charge in [-0.15, -0.1) is 0 Å². The number of nitrogens with one attached hydrogen (secondary N) is 2. The molecular formula is C18H24N5O+. The number of anilines is 1. The van der Waals surface area contributed by atoms with E-state index in [2.05, 4.69) is 20.2 Å². The molecule has 0 aliphatic carbocycles. The molecule has 2 aromatic rings. The summed E-state index contributed by atoms with van der Waals surface area (Å²) in [5.41, 5.74) is 1.13. The van der Waals surface area contributed by atoms with Crippen molar-refractivity contribution in [2.24, 2.45) is 0 Å². The van der Waals surface area contributed by atoms with Crippen LogP contribution in [0, 0.1) is 0 Å². The first-order chi connectivity index (χ1) is 11.7. The highest BCUT2D eigenvalue weighted by Gasteiger charge is 2.24. The zero-order chi connectivity index (χ0) is 16.8. The topological polar surface area (TPSA) is 62.6 Å². The van der Waals surface area contributed by atoms with Crippen molar-refractivity contribution >= 4 is 11.9 Å². The van der Waals surface area contributed by atoms with E-state index in [-0.39, 0.29) is 11.9 Å². The average molecular weight is 326 g/mol. The Labute approximate surface area is 142 Å². The molecule has 3 rings (SSSR count). The third-order valence-electron chi connectivity index (χ3n) is 4.39. The van der Waals surface area contributed by atoms with Crippen LogP contribution >= 0.6 is 0 Å². The van der Waals surface area contributed by atoms with Crippen molar-refractivity contribution in [1.29, 1.82) is 0 Å². The van der Waals surface area contributed by atoms with Crippen molar-refractivity contribution in [3.63, 3.8) is 0 Å². The molecule has 1 aliphatic rings. The molecule has 1 atom stereocenters. The Morgan fingerprint density at radius 1 is 1.17 bits per heavy atom. The second-order valence-corrected chi connectivity index (χ2v) is 6.16. The lowest BCUT2D eigenvalue weighted by atomic mass is 10.1. The van der Waals surface area contributed by atoms with E-state index in [0.29, 0.717) is 6.54 Å². The van der Waals surface area contributed by atoms with Crippen LogP contribution in [0.3, 0.4) is 0 Å². The van der Waals surface area contributed by atoms with Gasteiger partial charge in [-0.3, -0.25) is 4.79 Å². The molecule has 0 bridgehead atoms. The Kier molecular flexibility index (Phi) is 5.38. The molecule has 24 heavy (non-hydrogen) atoms. The number of hydrogen-bond donors (Lipinski definition) is 2. The quantitative estimate of drug-likeness (QED) is 0.816. The van der Waals surface area contributed by atoms with E-state index in [1.165, 1.54) is 4.90 Å². The number of quaternary nitrogens is 1. The van der Waals surface area contributed by atoms with Crippen LogP contribution in [-0.4, -0.2) is 48.6 Å². The van der Waals surface area contributed by atoms with Gasteiger partial charge in [-0.2, -0.15) is 0 Å². The summed E-state index contributed by atoms with van der Waals surface area (Å²) in [5, 5.41) is 3.09. The van der Waals surface area contributed by atoms with Gasteiger partial charge in [0.2, 0.25) is 5.95 Å². The summed E-state index contributed by atoms with van der Waals surface area (Å²) < 4.78 is 0. The van der Waals surface area contributed by atoms with Gasteiger partial charge in [0.25, 0.3) is 5.91 Å². The summed E-state index contributed by atoms with van der Waals surface area (Å²) in [6, 6.07) is 11.9. The number of rotatable bonds is 5. The Hall–Kier alpha value is -2.47. The summed E-state index contributed by atoms with van der Waals surface area (Å²) >= 11 is 0. The fourth-order valence-corrected chi connectivity index (χ4v) is 3.00. The highest BCUT2D eigenvalue weighted by Crippen LogP contribution is 2.10. The Balaban J connectivity index is 1.45. The van der Waals surface area contributed by atoms with Crippen molar-refractivity contribution < 1.29 is 9.69 Å². The minimum Gasteiger partial charge on any atom is -0.345 e. The van der Waals surface area contributed by atoms with E-state index in [9.17, 15) is 4.79 Å². The standard InChI is InChI=1S/C18H23N5O/c1-15(16-6-3-2-4-7-16)21-17(24)14-22-10-12-23(13-11-22)18-19-8-5-9-20-18/h2-9,15H,10-14H2,1H3,(H,21,24)/p+1/t15-/m0/s1. The van der Waals surface area contributed by atoms with E-state index in [0.717, 1.165) is 37.7 Å². The number of benzene rings is 1. The molecule has 6 heteroatoms. The fraction of sp³-hybridized carbons (Fsp3) is 0.389. The molecule has 126 valence electrons. The maximum absolute atomic E-state index is 12.3. The summed E-state index contributed by atoms with van der Waals surface area (Å²) in [6.45, 7) is 6.13. The Morgan fingerprint density at radius 2 is 1.83 bits per heavy atom. The maximum Gasteiger partial charge on any atom is 0.275 e. The molecule has 2 heterocycles. The lowest BCUT2D eigenvalue weighted by Gasteiger charge is -2.31. The van der Waals surface area contributed by atoms with Crippen molar-refractivity contribution in [3.8, 4) is 0 Å². The lowest BCUT2D eigenvalue weighted by molar-refractivity contribution is -0.892. The van der Waals surface area contributed by atoms with Gasteiger partial charge in [-0.05, 0) is 18.6 Å². The highest BCUT2D eigenvalue weighted by molar-refractivity contribution is 5.77. The van der Waals surface area contributed by atoms with Gasteiger partial charge in [-0.1, -0.05) is 30.3 Å². The molecule has 0 spiro atoms. The van der Waals surface area contributed by atoms with Crippen LogP contribution in [0.2, 0.25) is 0 Å². The number of hydrogen-bond acceptors (Lipinski definition) is 4. The molecule has 1 fully saturated rings. The van der Waals surface area contributed by atoms with Gasteiger partial charge in [0.15, 0.2) is 6.54 Å². The van der Waals surface area contributed by atoms with Crippen LogP contribution in [0.15, 0.2) is 48.8 Å². The van der Waals surface area contributed by atoms with Crippen molar-refractivity contribution in [3.05, 3.63) is 54.4 Å². The van der Waals surface area contributed by atoms with Gasteiger partial charge in [-0.25, -0.2) is 9.97 Å². The third kappa shape index (κ3) is 4.29. The van der Waals surface area contributed by atoms with E-state index in [1.54, 1.807) is 12.4 Å². The molecule has 1 aromatic heterocycles. The van der Waals surface area contributed by atoms with Crippen LogP contribution in [0.1, 0.15) is 18.5 Å². The monoisotopic (exact) mass is 326 g/mol. The molecule has 0 saturated carbocycles. The zero-order valence-corrected chi connectivity index (χ0v) is 14.0. The first-order valence-electron chi connectivity index (χ1n) is 8.42. The molecule has 1 amide bonds. The van der Waals surface area contributed by atoms with Gasteiger partial charge in [0, 0.05) is 12.4 Å². The van der Waals surface area contributed by atoms with Gasteiger partial charge < -0.3 is 15.1 Å². The highest BCUT2D eigenvalue weighted by atomic mass is 16.2. The smallest absolute Gasteiger partial charge is 0.275 e. The number of amides is 1.